The fourth-order valence-corrected chi connectivity index (χ4v) is 2.39. The van der Waals surface area contributed by atoms with E-state index >= 15 is 0 Å². The van der Waals surface area contributed by atoms with Crippen LogP contribution >= 0.6 is 0 Å². The number of halogens is 3. The maximum Gasteiger partial charge on any atom is 0.435 e. The van der Waals surface area contributed by atoms with Crippen molar-refractivity contribution in [1.29, 1.82) is 0 Å². The van der Waals surface area contributed by atoms with Crippen LogP contribution in [0.5, 0.6) is 5.75 Å². The SMILES string of the molecule is O=C(Oc1ccc([N+](=O)[O-])cc1)c1nnn(Cc2ccccc2)c1C(F)(F)F. The van der Waals surface area contributed by atoms with Gasteiger partial charge in [-0.1, -0.05) is 35.5 Å². The summed E-state index contributed by atoms with van der Waals surface area (Å²) in [5, 5.41) is 17.4. The third-order valence-electron chi connectivity index (χ3n) is 3.63. The Morgan fingerprint density at radius 2 is 1.75 bits per heavy atom. The first-order valence-electron chi connectivity index (χ1n) is 7.77. The zero-order valence-electron chi connectivity index (χ0n) is 14.0. The minimum absolute atomic E-state index is 0.165. The maximum absolute atomic E-state index is 13.5. The molecule has 3 aromatic rings. The number of carbonyl (C=O) groups excluding carboxylic acids is 1. The first-order chi connectivity index (χ1) is 13.3. The van der Waals surface area contributed by atoms with Crippen molar-refractivity contribution in [2.45, 2.75) is 12.7 Å². The van der Waals surface area contributed by atoms with E-state index in [9.17, 15) is 28.1 Å². The van der Waals surface area contributed by atoms with Crippen LogP contribution in [0.15, 0.2) is 54.6 Å². The molecule has 0 bridgehead atoms. The van der Waals surface area contributed by atoms with E-state index in [1.54, 1.807) is 30.3 Å². The largest absolute Gasteiger partial charge is 0.435 e. The van der Waals surface area contributed by atoms with Crippen LogP contribution in [0, 0.1) is 10.1 Å². The number of rotatable bonds is 5. The highest BCUT2D eigenvalue weighted by Crippen LogP contribution is 2.32. The fraction of sp³-hybridized carbons (Fsp3) is 0.118. The summed E-state index contributed by atoms with van der Waals surface area (Å²) in [6.45, 7) is -0.243. The highest BCUT2D eigenvalue weighted by atomic mass is 19.4. The van der Waals surface area contributed by atoms with Gasteiger partial charge in [0.25, 0.3) is 5.69 Å². The lowest BCUT2D eigenvalue weighted by Crippen LogP contribution is -2.21. The van der Waals surface area contributed by atoms with Gasteiger partial charge in [0.1, 0.15) is 5.75 Å². The van der Waals surface area contributed by atoms with Gasteiger partial charge in [0, 0.05) is 12.1 Å². The van der Waals surface area contributed by atoms with Gasteiger partial charge < -0.3 is 4.74 Å². The van der Waals surface area contributed by atoms with Crippen molar-refractivity contribution in [3.8, 4) is 5.75 Å². The molecule has 1 heterocycles. The topological polar surface area (TPSA) is 100 Å². The van der Waals surface area contributed by atoms with Crippen molar-refractivity contribution < 1.29 is 27.6 Å². The van der Waals surface area contributed by atoms with Gasteiger partial charge in [-0.3, -0.25) is 10.1 Å². The van der Waals surface area contributed by atoms with Crippen molar-refractivity contribution >= 4 is 11.7 Å². The molecular formula is C17H11F3N4O4. The number of esters is 1. The van der Waals surface area contributed by atoms with Crippen molar-refractivity contribution in [3.63, 3.8) is 0 Å². The lowest BCUT2D eigenvalue weighted by Gasteiger charge is -2.11. The third kappa shape index (κ3) is 4.14. The Balaban J connectivity index is 1.88. The summed E-state index contributed by atoms with van der Waals surface area (Å²) in [4.78, 5) is 22.1. The minimum atomic E-state index is -4.90. The predicted molar refractivity (Wildman–Crippen MR) is 88.6 cm³/mol. The maximum atomic E-state index is 13.5. The molecule has 11 heteroatoms. The van der Waals surface area contributed by atoms with Crippen LogP contribution in [0.4, 0.5) is 18.9 Å². The second-order valence-corrected chi connectivity index (χ2v) is 5.57. The molecule has 0 aliphatic carbocycles. The summed E-state index contributed by atoms with van der Waals surface area (Å²) in [6.07, 6.45) is -4.90. The molecule has 1 aromatic heterocycles. The molecule has 0 radical (unpaired) electrons. The van der Waals surface area contributed by atoms with Gasteiger partial charge in [0.15, 0.2) is 5.69 Å². The van der Waals surface area contributed by atoms with Crippen LogP contribution in [0.2, 0.25) is 0 Å². The zero-order valence-corrected chi connectivity index (χ0v) is 14.0. The Hall–Kier alpha value is -3.76. The standard InChI is InChI=1S/C17H11F3N4O4/c18-17(19,20)15-14(21-22-23(15)10-11-4-2-1-3-5-11)16(25)28-13-8-6-12(7-9-13)24(26)27/h1-9H,10H2. The lowest BCUT2D eigenvalue weighted by molar-refractivity contribution is -0.384. The van der Waals surface area contributed by atoms with Crippen LogP contribution in [0.3, 0.4) is 0 Å². The Morgan fingerprint density at radius 3 is 2.32 bits per heavy atom. The molecule has 2 aromatic carbocycles. The van der Waals surface area contributed by atoms with E-state index < -0.39 is 28.5 Å². The summed E-state index contributed by atoms with van der Waals surface area (Å²) in [7, 11) is 0. The molecule has 0 saturated heterocycles. The van der Waals surface area contributed by atoms with Crippen molar-refractivity contribution in [2.75, 3.05) is 0 Å². The number of nitro groups is 1. The molecule has 144 valence electrons. The zero-order chi connectivity index (χ0) is 20.3. The Bertz CT molecular complexity index is 1000. The number of ether oxygens (including phenoxy) is 1. The van der Waals surface area contributed by atoms with E-state index in [1.165, 1.54) is 0 Å². The van der Waals surface area contributed by atoms with Gasteiger partial charge in [0.2, 0.25) is 5.69 Å². The Kier molecular flexibility index (Phi) is 5.07. The molecule has 0 N–H and O–H groups in total. The van der Waals surface area contributed by atoms with Crippen LogP contribution in [0.25, 0.3) is 0 Å². The smallest absolute Gasteiger partial charge is 0.422 e. The molecule has 3 rings (SSSR count). The predicted octanol–water partition coefficient (Wildman–Crippen LogP) is 3.47. The summed E-state index contributed by atoms with van der Waals surface area (Å²) in [6, 6.07) is 12.5. The Morgan fingerprint density at radius 1 is 1.11 bits per heavy atom. The van der Waals surface area contributed by atoms with Crippen LogP contribution in [0.1, 0.15) is 21.7 Å². The van der Waals surface area contributed by atoms with Gasteiger partial charge in [-0.05, 0) is 17.7 Å². The second kappa shape index (κ2) is 7.47. The summed E-state index contributed by atoms with van der Waals surface area (Å²) < 4.78 is 45.9. The number of nitro benzene ring substituents is 1. The first-order valence-corrected chi connectivity index (χ1v) is 7.77. The molecule has 8 nitrogen and oxygen atoms in total. The normalized spacial score (nSPS) is 11.2. The Labute approximate surface area is 155 Å². The van der Waals surface area contributed by atoms with Crippen molar-refractivity contribution in [2.24, 2.45) is 0 Å². The fourth-order valence-electron chi connectivity index (χ4n) is 2.39. The molecule has 0 fully saturated rings. The average Bonchev–Trinajstić information content (AvgIpc) is 3.07. The van der Waals surface area contributed by atoms with Crippen molar-refractivity contribution in [1.82, 2.24) is 15.0 Å². The summed E-state index contributed by atoms with van der Waals surface area (Å²) >= 11 is 0. The van der Waals surface area contributed by atoms with Crippen LogP contribution < -0.4 is 4.74 Å². The second-order valence-electron chi connectivity index (χ2n) is 5.57. The third-order valence-corrected chi connectivity index (χ3v) is 3.63. The highest BCUT2D eigenvalue weighted by Gasteiger charge is 2.42. The molecule has 28 heavy (non-hydrogen) atoms. The van der Waals surface area contributed by atoms with E-state index in [0.717, 1.165) is 24.3 Å². The highest BCUT2D eigenvalue weighted by molar-refractivity contribution is 5.90. The van der Waals surface area contributed by atoms with Gasteiger partial charge in [-0.2, -0.15) is 13.2 Å². The molecular weight excluding hydrogens is 381 g/mol. The number of non-ortho nitro benzene ring substituents is 1. The molecule has 0 aliphatic rings. The van der Waals surface area contributed by atoms with E-state index in [0.29, 0.717) is 10.2 Å². The number of benzene rings is 2. The molecule has 0 atom stereocenters. The van der Waals surface area contributed by atoms with E-state index in [1.807, 2.05) is 0 Å². The van der Waals surface area contributed by atoms with E-state index in [-0.39, 0.29) is 18.0 Å². The van der Waals surface area contributed by atoms with E-state index in [4.69, 9.17) is 4.74 Å². The minimum Gasteiger partial charge on any atom is -0.422 e. The van der Waals surface area contributed by atoms with E-state index in [2.05, 4.69) is 10.3 Å². The molecule has 0 saturated carbocycles. The van der Waals surface area contributed by atoms with Crippen LogP contribution in [-0.4, -0.2) is 25.9 Å². The average molecular weight is 392 g/mol. The quantitative estimate of drug-likeness (QED) is 0.285. The monoisotopic (exact) mass is 392 g/mol. The van der Waals surface area contributed by atoms with Gasteiger partial charge in [0.05, 0.1) is 11.5 Å². The summed E-state index contributed by atoms with van der Waals surface area (Å²) in [5.41, 5.74) is -2.07. The van der Waals surface area contributed by atoms with Gasteiger partial charge in [-0.25, -0.2) is 9.48 Å². The molecule has 0 aliphatic heterocycles. The number of hydrogen-bond acceptors (Lipinski definition) is 6. The molecule has 0 spiro atoms. The number of hydrogen-bond donors (Lipinski definition) is 0. The lowest BCUT2D eigenvalue weighted by atomic mass is 10.2. The number of carbonyl (C=O) groups is 1. The molecule has 0 unspecified atom stereocenters. The van der Waals surface area contributed by atoms with Crippen LogP contribution in [-0.2, 0) is 12.7 Å². The van der Waals surface area contributed by atoms with Gasteiger partial charge in [-0.15, -0.1) is 5.10 Å². The molecule has 0 amide bonds. The number of nitrogens with zero attached hydrogens (tertiary/aromatic N) is 4. The summed E-state index contributed by atoms with van der Waals surface area (Å²) in [5.74, 6) is -1.54. The number of alkyl halides is 3. The number of aromatic nitrogens is 3. The van der Waals surface area contributed by atoms with Crippen molar-refractivity contribution in [3.05, 3.63) is 81.7 Å². The van der Waals surface area contributed by atoms with Gasteiger partial charge >= 0.3 is 12.1 Å². The first kappa shape index (κ1) is 19.0.